The van der Waals surface area contributed by atoms with Gasteiger partial charge in [-0.15, -0.1) is 11.3 Å². The third kappa shape index (κ3) is 4.53. The second kappa shape index (κ2) is 9.83. The maximum absolute atomic E-state index is 11.8. The van der Waals surface area contributed by atoms with Crippen LogP contribution in [0, 0.1) is 0 Å². The Balaban J connectivity index is 1.25. The molecule has 5 aromatic heterocycles. The minimum atomic E-state index is 0.0483. The molecule has 0 bridgehead atoms. The van der Waals surface area contributed by atoms with Gasteiger partial charge in [0, 0.05) is 36.1 Å². The van der Waals surface area contributed by atoms with E-state index in [1.165, 1.54) is 36.2 Å². The lowest BCUT2D eigenvalue weighted by molar-refractivity contribution is 0.102. The third-order valence-electron chi connectivity index (χ3n) is 7.36. The van der Waals surface area contributed by atoms with E-state index in [1.54, 1.807) is 13.1 Å². The van der Waals surface area contributed by atoms with Gasteiger partial charge in [-0.3, -0.25) is 24.8 Å². The molecule has 6 heterocycles. The number of hydrogen-bond acceptors (Lipinski definition) is 7. The molecule has 39 heavy (non-hydrogen) atoms. The monoisotopic (exact) mass is 533 g/mol. The predicted octanol–water partition coefficient (Wildman–Crippen LogP) is 6.48. The van der Waals surface area contributed by atoms with Crippen molar-refractivity contribution in [2.75, 3.05) is 13.1 Å². The number of aromatic amines is 2. The Labute approximate surface area is 229 Å². The van der Waals surface area contributed by atoms with Crippen molar-refractivity contribution in [2.24, 2.45) is 0 Å². The molecule has 1 aromatic carbocycles. The Morgan fingerprint density at radius 3 is 2.72 bits per heavy atom. The van der Waals surface area contributed by atoms with E-state index in [0.29, 0.717) is 10.7 Å². The average molecular weight is 534 g/mol. The summed E-state index contributed by atoms with van der Waals surface area (Å²) in [5, 5.41) is 8.75. The molecule has 0 unspecified atom stereocenters. The van der Waals surface area contributed by atoms with Crippen LogP contribution in [0.25, 0.3) is 55.2 Å². The maximum atomic E-state index is 11.8. The van der Waals surface area contributed by atoms with Gasteiger partial charge in [-0.1, -0.05) is 12.5 Å². The van der Waals surface area contributed by atoms with Crippen molar-refractivity contribution in [1.29, 1.82) is 0 Å². The molecule has 0 atom stereocenters. The lowest BCUT2D eigenvalue weighted by Crippen LogP contribution is -2.29. The predicted molar refractivity (Wildman–Crippen MR) is 155 cm³/mol. The Morgan fingerprint density at radius 1 is 0.974 bits per heavy atom. The highest BCUT2D eigenvalue weighted by molar-refractivity contribution is 7.17. The van der Waals surface area contributed by atoms with Crippen LogP contribution in [0.3, 0.4) is 0 Å². The lowest BCUT2D eigenvalue weighted by Gasteiger charge is -2.26. The summed E-state index contributed by atoms with van der Waals surface area (Å²) in [6, 6.07) is 14.3. The smallest absolute Gasteiger partial charge is 0.169 e. The maximum Gasteiger partial charge on any atom is 0.169 e. The molecule has 7 rings (SSSR count). The topological polar surface area (TPSA) is 103 Å². The molecule has 0 amide bonds. The Morgan fingerprint density at radius 2 is 1.87 bits per heavy atom. The SMILES string of the molecule is CC(=O)c1ccc(-c2nccc3[nH]c(-c4n[nH]c5ccc(-c6cncc(CN7CCCCC7)c6)cc45)nc23)s1. The zero-order valence-corrected chi connectivity index (χ0v) is 22.4. The minimum Gasteiger partial charge on any atom is -0.336 e. The average Bonchev–Trinajstić information content (AvgIpc) is 3.71. The van der Waals surface area contributed by atoms with E-state index in [9.17, 15) is 4.79 Å². The van der Waals surface area contributed by atoms with E-state index >= 15 is 0 Å². The summed E-state index contributed by atoms with van der Waals surface area (Å²) >= 11 is 1.43. The first-order valence-corrected chi connectivity index (χ1v) is 14.0. The van der Waals surface area contributed by atoms with E-state index in [4.69, 9.17) is 4.98 Å². The standard InChI is InChI=1S/C30H27N7OS/c1-18(38)25-7-8-26(39-25)29-28-24(9-10-32-29)33-30(34-28)27-22-14-20(5-6-23(22)35-36-27)21-13-19(15-31-16-21)17-37-11-3-2-4-12-37/h5-10,13-16H,2-4,11-12,17H2,1H3,(H,33,34)(H,35,36). The second-order valence-corrected chi connectivity index (χ2v) is 11.2. The summed E-state index contributed by atoms with van der Waals surface area (Å²) in [5.74, 6) is 0.718. The molecule has 1 aliphatic heterocycles. The lowest BCUT2D eigenvalue weighted by atomic mass is 10.0. The summed E-state index contributed by atoms with van der Waals surface area (Å²) in [5.41, 5.74) is 7.49. The van der Waals surface area contributed by atoms with Gasteiger partial charge in [0.1, 0.15) is 16.9 Å². The molecule has 9 heteroatoms. The number of carbonyl (C=O) groups is 1. The minimum absolute atomic E-state index is 0.0483. The number of thiophene rings is 1. The van der Waals surface area contributed by atoms with Gasteiger partial charge in [-0.2, -0.15) is 5.10 Å². The molecule has 1 aliphatic rings. The van der Waals surface area contributed by atoms with Crippen LogP contribution in [0.5, 0.6) is 0 Å². The molecule has 2 N–H and O–H groups in total. The van der Waals surface area contributed by atoms with Crippen LogP contribution in [0.4, 0.5) is 0 Å². The van der Waals surface area contributed by atoms with Crippen molar-refractivity contribution in [1.82, 2.24) is 35.0 Å². The van der Waals surface area contributed by atoms with Crippen LogP contribution < -0.4 is 0 Å². The molecular formula is C30H27N7OS. The van der Waals surface area contributed by atoms with E-state index < -0.39 is 0 Å². The highest BCUT2D eigenvalue weighted by Gasteiger charge is 2.18. The van der Waals surface area contributed by atoms with Gasteiger partial charge in [-0.25, -0.2) is 4.98 Å². The van der Waals surface area contributed by atoms with E-state index in [1.807, 2.05) is 30.6 Å². The zero-order chi connectivity index (χ0) is 26.3. The first-order valence-electron chi connectivity index (χ1n) is 13.2. The number of piperidine rings is 1. The number of likely N-dealkylation sites (tertiary alicyclic amines) is 1. The van der Waals surface area contributed by atoms with Crippen molar-refractivity contribution in [3.05, 3.63) is 71.5 Å². The second-order valence-electron chi connectivity index (χ2n) is 10.1. The zero-order valence-electron chi connectivity index (χ0n) is 21.6. The number of nitrogens with zero attached hydrogens (tertiary/aromatic N) is 5. The quantitative estimate of drug-likeness (QED) is 0.238. The number of aromatic nitrogens is 6. The van der Waals surface area contributed by atoms with Crippen LogP contribution in [-0.4, -0.2) is 53.9 Å². The fourth-order valence-electron chi connectivity index (χ4n) is 5.36. The first kappa shape index (κ1) is 23.9. The molecule has 0 saturated carbocycles. The van der Waals surface area contributed by atoms with E-state index in [-0.39, 0.29) is 5.78 Å². The summed E-state index contributed by atoms with van der Waals surface area (Å²) in [6.45, 7) is 4.84. The van der Waals surface area contributed by atoms with Gasteiger partial charge in [0.2, 0.25) is 0 Å². The van der Waals surface area contributed by atoms with Crippen LogP contribution in [0.15, 0.2) is 61.1 Å². The highest BCUT2D eigenvalue weighted by atomic mass is 32.1. The van der Waals surface area contributed by atoms with Crippen molar-refractivity contribution >= 4 is 39.1 Å². The number of benzene rings is 1. The van der Waals surface area contributed by atoms with Gasteiger partial charge in [0.05, 0.1) is 20.8 Å². The number of H-pyrrole nitrogens is 2. The summed E-state index contributed by atoms with van der Waals surface area (Å²) in [4.78, 5) is 33.5. The Kier molecular flexibility index (Phi) is 6.02. The Bertz CT molecular complexity index is 1830. The number of Topliss-reactive ketones (excluding diaryl/α,β-unsaturated/α-hetero) is 1. The van der Waals surface area contributed by atoms with Gasteiger partial charge in [0.15, 0.2) is 11.6 Å². The summed E-state index contributed by atoms with van der Waals surface area (Å²) in [7, 11) is 0. The molecule has 8 nitrogen and oxygen atoms in total. The number of hydrogen-bond donors (Lipinski definition) is 2. The van der Waals surface area contributed by atoms with Gasteiger partial charge in [0.25, 0.3) is 0 Å². The van der Waals surface area contributed by atoms with Crippen molar-refractivity contribution < 1.29 is 4.79 Å². The summed E-state index contributed by atoms with van der Waals surface area (Å²) < 4.78 is 0. The Hall–Kier alpha value is -4.21. The van der Waals surface area contributed by atoms with Gasteiger partial charge < -0.3 is 4.98 Å². The number of fused-ring (bicyclic) bond motifs is 2. The molecule has 0 aliphatic carbocycles. The van der Waals surface area contributed by atoms with Gasteiger partial charge in [-0.05, 0) is 80.4 Å². The van der Waals surface area contributed by atoms with Crippen LogP contribution in [-0.2, 0) is 6.54 Å². The molecule has 0 spiro atoms. The third-order valence-corrected chi connectivity index (χ3v) is 8.55. The molecule has 1 fully saturated rings. The fraction of sp³-hybridized carbons (Fsp3) is 0.233. The molecule has 6 aromatic rings. The molecule has 194 valence electrons. The normalized spacial score (nSPS) is 14.4. The van der Waals surface area contributed by atoms with E-state index in [2.05, 4.69) is 54.3 Å². The molecule has 0 radical (unpaired) electrons. The molecule has 1 saturated heterocycles. The number of rotatable bonds is 6. The van der Waals surface area contributed by atoms with Crippen molar-refractivity contribution in [3.63, 3.8) is 0 Å². The van der Waals surface area contributed by atoms with Gasteiger partial charge >= 0.3 is 0 Å². The van der Waals surface area contributed by atoms with Crippen LogP contribution >= 0.6 is 11.3 Å². The highest BCUT2D eigenvalue weighted by Crippen LogP contribution is 2.34. The largest absolute Gasteiger partial charge is 0.336 e. The number of pyridine rings is 2. The van der Waals surface area contributed by atoms with E-state index in [0.717, 1.165) is 69.0 Å². The van der Waals surface area contributed by atoms with Crippen molar-refractivity contribution in [3.8, 4) is 33.2 Å². The number of imidazole rings is 1. The van der Waals surface area contributed by atoms with Crippen molar-refractivity contribution in [2.45, 2.75) is 32.7 Å². The van der Waals surface area contributed by atoms with Crippen LogP contribution in [0.2, 0.25) is 0 Å². The fourth-order valence-corrected chi connectivity index (χ4v) is 6.26. The first-order chi connectivity index (χ1) is 19.1. The summed E-state index contributed by atoms with van der Waals surface area (Å²) in [6.07, 6.45) is 9.55. The number of nitrogens with one attached hydrogen (secondary N) is 2. The number of ketones is 1. The molecular weight excluding hydrogens is 506 g/mol. The van der Waals surface area contributed by atoms with Crippen LogP contribution in [0.1, 0.15) is 41.4 Å². The number of carbonyl (C=O) groups excluding carboxylic acids is 1.